The molecule has 0 unspecified atom stereocenters. The number of rotatable bonds is 3. The Hall–Kier alpha value is -1.36. The van der Waals surface area contributed by atoms with Crippen LogP contribution in [0.25, 0.3) is 0 Å². The lowest BCUT2D eigenvalue weighted by Crippen LogP contribution is -2.49. The second-order valence-corrected chi connectivity index (χ2v) is 5.38. The van der Waals surface area contributed by atoms with Crippen molar-refractivity contribution in [2.75, 3.05) is 13.1 Å². The van der Waals surface area contributed by atoms with Gasteiger partial charge in [0.1, 0.15) is 0 Å². The predicted octanol–water partition coefficient (Wildman–Crippen LogP) is 1.10. The fourth-order valence-corrected chi connectivity index (χ4v) is 2.40. The van der Waals surface area contributed by atoms with Crippen molar-refractivity contribution in [3.63, 3.8) is 0 Å². The summed E-state index contributed by atoms with van der Waals surface area (Å²) in [6.45, 7) is 5.56. The Balaban J connectivity index is 1.89. The lowest BCUT2D eigenvalue weighted by molar-refractivity contribution is -0.134. The molecule has 1 amide bonds. The Morgan fingerprint density at radius 3 is 2.67 bits per heavy atom. The van der Waals surface area contributed by atoms with E-state index >= 15 is 0 Å². The second-order valence-electron chi connectivity index (χ2n) is 5.38. The maximum atomic E-state index is 12.1. The molecule has 0 radical (unpaired) electrons. The number of aromatic nitrogens is 2. The van der Waals surface area contributed by atoms with Gasteiger partial charge < -0.3 is 10.6 Å². The number of likely N-dealkylation sites (tertiary alicyclic amines) is 1. The molecule has 0 aromatic carbocycles. The first-order valence-electron chi connectivity index (χ1n) is 6.63. The van der Waals surface area contributed by atoms with E-state index in [1.54, 1.807) is 6.20 Å². The molecule has 1 aromatic rings. The van der Waals surface area contributed by atoms with E-state index in [2.05, 4.69) is 10.2 Å². The molecular weight excluding hydrogens is 228 g/mol. The third-order valence-corrected chi connectivity index (χ3v) is 3.77. The summed E-state index contributed by atoms with van der Waals surface area (Å²) < 4.78 is 0. The number of aromatic amines is 1. The molecule has 1 aliphatic heterocycles. The molecule has 100 valence electrons. The van der Waals surface area contributed by atoms with E-state index in [-0.39, 0.29) is 17.9 Å². The first-order chi connectivity index (χ1) is 8.59. The van der Waals surface area contributed by atoms with Crippen LogP contribution >= 0.6 is 0 Å². The Bertz CT molecular complexity index is 380. The van der Waals surface area contributed by atoms with Gasteiger partial charge in [-0.3, -0.25) is 9.89 Å². The summed E-state index contributed by atoms with van der Waals surface area (Å²) in [4.78, 5) is 14.0. The number of nitrogens with zero attached hydrogens (tertiary/aromatic N) is 2. The molecule has 1 atom stereocenters. The second kappa shape index (κ2) is 5.52. The standard InChI is InChI=1S/C13H22N4O/c1-9(2)12(14)13(18)17-7-4-10(5-8-17)11-3-6-15-16-11/h3,6,9-10,12H,4-5,7-8,14H2,1-2H3,(H,15,16)/t12-/m0/s1. The van der Waals surface area contributed by atoms with Crippen LogP contribution in [0.2, 0.25) is 0 Å². The van der Waals surface area contributed by atoms with Gasteiger partial charge >= 0.3 is 0 Å². The highest BCUT2D eigenvalue weighted by Gasteiger charge is 2.28. The van der Waals surface area contributed by atoms with Crippen LogP contribution in [0.15, 0.2) is 12.3 Å². The van der Waals surface area contributed by atoms with Crippen LogP contribution in [-0.2, 0) is 4.79 Å². The molecule has 2 heterocycles. The van der Waals surface area contributed by atoms with Gasteiger partial charge in [-0.2, -0.15) is 5.10 Å². The van der Waals surface area contributed by atoms with E-state index in [1.165, 1.54) is 5.69 Å². The van der Waals surface area contributed by atoms with Crippen LogP contribution in [0.5, 0.6) is 0 Å². The lowest BCUT2D eigenvalue weighted by Gasteiger charge is -2.33. The quantitative estimate of drug-likeness (QED) is 0.843. The van der Waals surface area contributed by atoms with E-state index in [1.807, 2.05) is 24.8 Å². The molecule has 0 saturated carbocycles. The Morgan fingerprint density at radius 2 is 2.17 bits per heavy atom. The Morgan fingerprint density at radius 1 is 1.50 bits per heavy atom. The third kappa shape index (κ3) is 2.72. The van der Waals surface area contributed by atoms with Crippen molar-refractivity contribution >= 4 is 5.91 Å². The first kappa shape index (κ1) is 13.1. The monoisotopic (exact) mass is 250 g/mol. The third-order valence-electron chi connectivity index (χ3n) is 3.77. The van der Waals surface area contributed by atoms with Crippen LogP contribution in [0.3, 0.4) is 0 Å². The Labute approximate surface area is 108 Å². The summed E-state index contributed by atoms with van der Waals surface area (Å²) in [6.07, 6.45) is 3.75. The Kier molecular flexibility index (Phi) is 4.01. The minimum atomic E-state index is -0.367. The van der Waals surface area contributed by atoms with E-state index in [0.717, 1.165) is 25.9 Å². The molecule has 18 heavy (non-hydrogen) atoms. The summed E-state index contributed by atoms with van der Waals surface area (Å²) >= 11 is 0. The van der Waals surface area contributed by atoms with Crippen molar-refractivity contribution in [1.29, 1.82) is 0 Å². The van der Waals surface area contributed by atoms with Gasteiger partial charge in [0.15, 0.2) is 0 Å². The van der Waals surface area contributed by atoms with E-state index < -0.39 is 0 Å². The zero-order valence-electron chi connectivity index (χ0n) is 11.1. The van der Waals surface area contributed by atoms with Crippen LogP contribution in [0, 0.1) is 5.92 Å². The summed E-state index contributed by atoms with van der Waals surface area (Å²) in [7, 11) is 0. The molecule has 1 fully saturated rings. The maximum absolute atomic E-state index is 12.1. The number of piperidine rings is 1. The van der Waals surface area contributed by atoms with Gasteiger partial charge in [-0.1, -0.05) is 13.8 Å². The van der Waals surface area contributed by atoms with Crippen molar-refractivity contribution in [2.24, 2.45) is 11.7 Å². The molecule has 0 spiro atoms. The largest absolute Gasteiger partial charge is 0.341 e. The van der Waals surface area contributed by atoms with Crippen LogP contribution < -0.4 is 5.73 Å². The molecule has 0 aliphatic carbocycles. The highest BCUT2D eigenvalue weighted by molar-refractivity contribution is 5.82. The molecule has 1 saturated heterocycles. The number of carbonyl (C=O) groups is 1. The van der Waals surface area contributed by atoms with Crippen molar-refractivity contribution in [3.8, 4) is 0 Å². The molecule has 5 heteroatoms. The number of carbonyl (C=O) groups excluding carboxylic acids is 1. The van der Waals surface area contributed by atoms with E-state index in [0.29, 0.717) is 5.92 Å². The molecule has 2 rings (SSSR count). The lowest BCUT2D eigenvalue weighted by atomic mass is 9.92. The summed E-state index contributed by atoms with van der Waals surface area (Å²) in [5, 5.41) is 6.99. The van der Waals surface area contributed by atoms with Crippen molar-refractivity contribution < 1.29 is 4.79 Å². The summed E-state index contributed by atoms with van der Waals surface area (Å²) in [5.41, 5.74) is 7.09. The number of hydrogen-bond acceptors (Lipinski definition) is 3. The predicted molar refractivity (Wildman–Crippen MR) is 70.0 cm³/mol. The van der Waals surface area contributed by atoms with Gasteiger partial charge in [0.25, 0.3) is 0 Å². The van der Waals surface area contributed by atoms with E-state index in [9.17, 15) is 4.79 Å². The van der Waals surface area contributed by atoms with Gasteiger partial charge in [0.2, 0.25) is 5.91 Å². The number of nitrogens with two attached hydrogens (primary N) is 1. The zero-order chi connectivity index (χ0) is 13.1. The van der Waals surface area contributed by atoms with Gasteiger partial charge in [0, 0.05) is 30.9 Å². The molecule has 1 aliphatic rings. The first-order valence-corrected chi connectivity index (χ1v) is 6.63. The van der Waals surface area contributed by atoms with Gasteiger partial charge in [0.05, 0.1) is 6.04 Å². The normalized spacial score (nSPS) is 19.2. The highest BCUT2D eigenvalue weighted by Crippen LogP contribution is 2.26. The molecule has 3 N–H and O–H groups in total. The highest BCUT2D eigenvalue weighted by atomic mass is 16.2. The summed E-state index contributed by atoms with van der Waals surface area (Å²) in [5.74, 6) is 0.780. The van der Waals surface area contributed by atoms with Crippen LogP contribution in [0.4, 0.5) is 0 Å². The average Bonchev–Trinajstić information content (AvgIpc) is 2.91. The summed E-state index contributed by atoms with van der Waals surface area (Å²) in [6, 6.07) is 1.65. The minimum absolute atomic E-state index is 0.0908. The fraction of sp³-hybridized carbons (Fsp3) is 0.692. The van der Waals surface area contributed by atoms with Crippen molar-refractivity contribution in [2.45, 2.75) is 38.6 Å². The maximum Gasteiger partial charge on any atom is 0.239 e. The smallest absolute Gasteiger partial charge is 0.239 e. The van der Waals surface area contributed by atoms with E-state index in [4.69, 9.17) is 5.73 Å². The molecule has 0 bridgehead atoms. The van der Waals surface area contributed by atoms with Crippen LogP contribution in [-0.4, -0.2) is 40.1 Å². The van der Waals surface area contributed by atoms with Crippen LogP contribution in [0.1, 0.15) is 38.3 Å². The average molecular weight is 250 g/mol. The van der Waals surface area contributed by atoms with Gasteiger partial charge in [-0.15, -0.1) is 0 Å². The SMILES string of the molecule is CC(C)[C@H](N)C(=O)N1CCC(c2ccn[nH]2)CC1. The number of amides is 1. The fourth-order valence-electron chi connectivity index (χ4n) is 2.40. The van der Waals surface area contributed by atoms with Crippen molar-refractivity contribution in [3.05, 3.63) is 18.0 Å². The number of hydrogen-bond donors (Lipinski definition) is 2. The molecular formula is C13H22N4O. The van der Waals surface area contributed by atoms with Crippen molar-refractivity contribution in [1.82, 2.24) is 15.1 Å². The topological polar surface area (TPSA) is 75.0 Å². The minimum Gasteiger partial charge on any atom is -0.341 e. The molecule has 5 nitrogen and oxygen atoms in total. The van der Waals surface area contributed by atoms with Gasteiger partial charge in [-0.25, -0.2) is 0 Å². The zero-order valence-corrected chi connectivity index (χ0v) is 11.1. The number of H-pyrrole nitrogens is 1. The molecule has 1 aromatic heterocycles. The van der Waals surface area contributed by atoms with Gasteiger partial charge in [-0.05, 0) is 24.8 Å². The number of nitrogens with one attached hydrogen (secondary N) is 1.